The van der Waals surface area contributed by atoms with Crippen LogP contribution in [0.5, 0.6) is 17.2 Å². The van der Waals surface area contributed by atoms with Gasteiger partial charge < -0.3 is 19.3 Å². The van der Waals surface area contributed by atoms with Gasteiger partial charge in [-0.05, 0) is 27.2 Å². The first kappa shape index (κ1) is 17.0. The van der Waals surface area contributed by atoms with E-state index in [1.165, 1.54) is 21.1 Å². The summed E-state index contributed by atoms with van der Waals surface area (Å²) in [5.41, 5.74) is 1.81. The Kier molecular flexibility index (Phi) is 6.24. The second kappa shape index (κ2) is 7.69. The van der Waals surface area contributed by atoms with Crippen LogP contribution in [0.4, 0.5) is 0 Å². The lowest BCUT2D eigenvalue weighted by Crippen LogP contribution is -2.06. The summed E-state index contributed by atoms with van der Waals surface area (Å²) in [5.74, 6) is 0.354. The van der Waals surface area contributed by atoms with Crippen molar-refractivity contribution in [2.75, 3.05) is 21.0 Å². The molecule has 5 nitrogen and oxygen atoms in total. The van der Waals surface area contributed by atoms with Crippen molar-refractivity contribution in [2.45, 2.75) is 27.2 Å². The summed E-state index contributed by atoms with van der Waals surface area (Å²) < 4.78 is 15.5. The van der Waals surface area contributed by atoms with E-state index in [2.05, 4.69) is 0 Å². The van der Waals surface area contributed by atoms with Crippen molar-refractivity contribution in [3.8, 4) is 17.2 Å². The molecule has 0 unspecified atom stereocenters. The SMILES string of the molecule is COCOc1cc(OC)c(C(C)=O)c(O)c1CC=C(C)C. The molecule has 0 heterocycles. The molecule has 0 amide bonds. The van der Waals surface area contributed by atoms with Crippen molar-refractivity contribution >= 4 is 5.78 Å². The number of benzene rings is 1. The largest absolute Gasteiger partial charge is 0.507 e. The maximum absolute atomic E-state index is 11.7. The van der Waals surface area contributed by atoms with E-state index >= 15 is 0 Å². The Bertz CT molecular complexity index is 542. The van der Waals surface area contributed by atoms with Gasteiger partial charge in [-0.25, -0.2) is 0 Å². The first-order chi connectivity index (χ1) is 9.92. The van der Waals surface area contributed by atoms with Gasteiger partial charge in [0.2, 0.25) is 0 Å². The molecule has 0 fully saturated rings. The van der Waals surface area contributed by atoms with Crippen molar-refractivity contribution in [1.82, 2.24) is 0 Å². The van der Waals surface area contributed by atoms with E-state index in [-0.39, 0.29) is 29.6 Å². The van der Waals surface area contributed by atoms with Crippen molar-refractivity contribution in [3.05, 3.63) is 28.8 Å². The number of phenolic OH excluding ortho intramolecular Hbond substituents is 1. The van der Waals surface area contributed by atoms with Crippen LogP contribution in [0, 0.1) is 0 Å². The summed E-state index contributed by atoms with van der Waals surface area (Å²) in [6.07, 6.45) is 2.41. The van der Waals surface area contributed by atoms with Crippen LogP contribution in [0.25, 0.3) is 0 Å². The maximum atomic E-state index is 11.7. The fourth-order valence-electron chi connectivity index (χ4n) is 1.92. The predicted molar refractivity (Wildman–Crippen MR) is 80.3 cm³/mol. The summed E-state index contributed by atoms with van der Waals surface area (Å²) in [6.45, 7) is 5.35. The molecular weight excluding hydrogens is 272 g/mol. The van der Waals surface area contributed by atoms with Crippen LogP contribution in [-0.4, -0.2) is 31.9 Å². The fourth-order valence-corrected chi connectivity index (χ4v) is 1.92. The lowest BCUT2D eigenvalue weighted by atomic mass is 10.0. The molecule has 5 heteroatoms. The molecular formula is C16H22O5. The number of hydrogen-bond acceptors (Lipinski definition) is 5. The minimum atomic E-state index is -0.263. The molecule has 21 heavy (non-hydrogen) atoms. The normalized spacial score (nSPS) is 10.1. The van der Waals surface area contributed by atoms with Gasteiger partial charge in [0.05, 0.1) is 7.11 Å². The number of phenols is 1. The fraction of sp³-hybridized carbons (Fsp3) is 0.438. The quantitative estimate of drug-likeness (QED) is 0.475. The van der Waals surface area contributed by atoms with Gasteiger partial charge in [0.15, 0.2) is 12.6 Å². The Balaban J connectivity index is 3.43. The number of Topliss-reactive ketones (excluding diaryl/α,β-unsaturated/α-hetero) is 1. The van der Waals surface area contributed by atoms with Crippen LogP contribution in [0.3, 0.4) is 0 Å². The maximum Gasteiger partial charge on any atom is 0.188 e. The summed E-state index contributed by atoms with van der Waals surface area (Å²) in [6, 6.07) is 1.60. The smallest absolute Gasteiger partial charge is 0.188 e. The lowest BCUT2D eigenvalue weighted by Gasteiger charge is -2.16. The van der Waals surface area contributed by atoms with Crippen LogP contribution in [0.15, 0.2) is 17.7 Å². The zero-order valence-corrected chi connectivity index (χ0v) is 13.1. The van der Waals surface area contributed by atoms with Crippen molar-refractivity contribution < 1.29 is 24.1 Å². The summed E-state index contributed by atoms with van der Waals surface area (Å²) in [7, 11) is 2.95. The Morgan fingerprint density at radius 2 is 1.90 bits per heavy atom. The zero-order chi connectivity index (χ0) is 16.0. The van der Waals surface area contributed by atoms with Crippen LogP contribution in [-0.2, 0) is 11.2 Å². The van der Waals surface area contributed by atoms with Gasteiger partial charge in [-0.2, -0.15) is 0 Å². The number of carbonyl (C=O) groups excluding carboxylic acids is 1. The van der Waals surface area contributed by atoms with Crippen molar-refractivity contribution in [2.24, 2.45) is 0 Å². The first-order valence-electron chi connectivity index (χ1n) is 6.61. The number of ether oxygens (including phenoxy) is 3. The number of carbonyl (C=O) groups is 1. The minimum Gasteiger partial charge on any atom is -0.507 e. The highest BCUT2D eigenvalue weighted by Gasteiger charge is 2.21. The van der Waals surface area contributed by atoms with Gasteiger partial charge >= 0.3 is 0 Å². The van der Waals surface area contributed by atoms with Crippen molar-refractivity contribution in [1.29, 1.82) is 0 Å². The third-order valence-electron chi connectivity index (χ3n) is 2.95. The van der Waals surface area contributed by atoms with Gasteiger partial charge in [-0.1, -0.05) is 11.6 Å². The van der Waals surface area contributed by atoms with Crippen LogP contribution in [0.1, 0.15) is 36.7 Å². The minimum absolute atomic E-state index is 0.0455. The van der Waals surface area contributed by atoms with E-state index in [0.717, 1.165) is 5.57 Å². The summed E-state index contributed by atoms with van der Waals surface area (Å²) in [4.78, 5) is 11.7. The van der Waals surface area contributed by atoms with Crippen LogP contribution in [0.2, 0.25) is 0 Å². The van der Waals surface area contributed by atoms with E-state index in [1.807, 2.05) is 19.9 Å². The molecule has 1 N–H and O–H groups in total. The molecule has 0 aliphatic carbocycles. The highest BCUT2D eigenvalue weighted by atomic mass is 16.7. The number of allylic oxidation sites excluding steroid dienone is 2. The molecule has 0 bridgehead atoms. The monoisotopic (exact) mass is 294 g/mol. The number of ketones is 1. The second-order valence-electron chi connectivity index (χ2n) is 4.87. The zero-order valence-electron chi connectivity index (χ0n) is 13.1. The standard InChI is InChI=1S/C16H22O5/c1-10(2)6-7-12-13(21-9-19-4)8-14(20-5)15(11(3)17)16(12)18/h6,8,18H,7,9H2,1-5H3. The lowest BCUT2D eigenvalue weighted by molar-refractivity contribution is 0.0502. The van der Waals surface area contributed by atoms with E-state index in [9.17, 15) is 9.90 Å². The number of aromatic hydroxyl groups is 1. The van der Waals surface area contributed by atoms with Gasteiger partial charge in [0.1, 0.15) is 22.8 Å². The van der Waals surface area contributed by atoms with Gasteiger partial charge in [0.25, 0.3) is 0 Å². The van der Waals surface area contributed by atoms with E-state index in [4.69, 9.17) is 14.2 Å². The molecule has 0 aliphatic rings. The Morgan fingerprint density at radius 1 is 1.24 bits per heavy atom. The van der Waals surface area contributed by atoms with Crippen LogP contribution < -0.4 is 9.47 Å². The molecule has 0 aliphatic heterocycles. The molecule has 0 aromatic heterocycles. The third kappa shape index (κ3) is 4.23. The molecule has 0 saturated heterocycles. The molecule has 116 valence electrons. The van der Waals surface area contributed by atoms with Gasteiger partial charge in [-0.3, -0.25) is 4.79 Å². The van der Waals surface area contributed by atoms with Crippen molar-refractivity contribution in [3.63, 3.8) is 0 Å². The van der Waals surface area contributed by atoms with Crippen LogP contribution >= 0.6 is 0 Å². The second-order valence-corrected chi connectivity index (χ2v) is 4.87. The molecule has 0 atom stereocenters. The highest BCUT2D eigenvalue weighted by Crippen LogP contribution is 2.39. The van der Waals surface area contributed by atoms with Gasteiger partial charge in [0, 0.05) is 18.7 Å². The van der Waals surface area contributed by atoms with E-state index in [0.29, 0.717) is 17.7 Å². The topological polar surface area (TPSA) is 65.0 Å². The first-order valence-corrected chi connectivity index (χ1v) is 6.61. The van der Waals surface area contributed by atoms with E-state index < -0.39 is 0 Å². The number of hydrogen-bond donors (Lipinski definition) is 1. The predicted octanol–water partition coefficient (Wildman–Crippen LogP) is 3.09. The molecule has 0 saturated carbocycles. The average molecular weight is 294 g/mol. The molecule has 0 spiro atoms. The molecule has 1 aromatic rings. The van der Waals surface area contributed by atoms with E-state index in [1.54, 1.807) is 6.07 Å². The summed E-state index contributed by atoms with van der Waals surface area (Å²) >= 11 is 0. The number of rotatable bonds is 7. The summed E-state index contributed by atoms with van der Waals surface area (Å²) in [5, 5.41) is 10.4. The third-order valence-corrected chi connectivity index (χ3v) is 2.95. The molecule has 1 aromatic carbocycles. The number of methoxy groups -OCH3 is 2. The molecule has 0 radical (unpaired) electrons. The Labute approximate surface area is 125 Å². The highest BCUT2D eigenvalue weighted by molar-refractivity contribution is 6.00. The molecule has 1 rings (SSSR count). The average Bonchev–Trinajstić information content (AvgIpc) is 2.42. The van der Waals surface area contributed by atoms with Gasteiger partial charge in [-0.15, -0.1) is 0 Å². The Hall–Kier alpha value is -2.01. The Morgan fingerprint density at radius 3 is 2.38 bits per heavy atom.